The van der Waals surface area contributed by atoms with Crippen molar-refractivity contribution in [2.45, 2.75) is 13.8 Å². The van der Waals surface area contributed by atoms with Gasteiger partial charge in [0.2, 0.25) is 0 Å². The maximum absolute atomic E-state index is 11.0. The van der Waals surface area contributed by atoms with E-state index in [1.165, 1.54) is 0 Å². The van der Waals surface area contributed by atoms with Crippen LogP contribution >= 0.6 is 0 Å². The van der Waals surface area contributed by atoms with E-state index in [2.05, 4.69) is 0 Å². The predicted octanol–water partition coefficient (Wildman–Crippen LogP) is 0.214. The Bertz CT molecular complexity index is 170. The summed E-state index contributed by atoms with van der Waals surface area (Å²) in [6.07, 6.45) is 0. The summed E-state index contributed by atoms with van der Waals surface area (Å²) in [5.74, 6) is -0.331. The average Bonchev–Trinajstić information content (AvgIpc) is 2.23. The van der Waals surface area contributed by atoms with E-state index < -0.39 is 0 Å². The Morgan fingerprint density at radius 2 is 1.07 bits per heavy atom. The van der Waals surface area contributed by atoms with Crippen molar-refractivity contribution in [3.8, 4) is 0 Å². The third kappa shape index (κ3) is 9.52. The van der Waals surface area contributed by atoms with Crippen molar-refractivity contribution >= 4 is 11.6 Å². The van der Waals surface area contributed by atoms with Gasteiger partial charge in [-0.05, 0) is 13.8 Å². The maximum atomic E-state index is 11.0. The number of ether oxygens (including phenoxy) is 3. The molecule has 0 spiro atoms. The van der Waals surface area contributed by atoms with Crippen LogP contribution in [-0.4, -0.2) is 51.2 Å². The highest BCUT2D eigenvalue weighted by Crippen LogP contribution is 1.84. The molecule has 0 N–H and O–H groups in total. The van der Waals surface area contributed by atoms with Crippen molar-refractivity contribution in [2.24, 2.45) is 0 Å². The second kappa shape index (κ2) is 9.76. The number of ketones is 2. The lowest BCUT2D eigenvalue weighted by Crippen LogP contribution is -2.21. The SMILES string of the molecule is CCOCC(=O)COCC(=O)COCC. The number of Topliss-reactive ketones (excluding diaryl/α,β-unsaturated/α-hetero) is 2. The van der Waals surface area contributed by atoms with E-state index in [0.717, 1.165) is 0 Å². The second-order valence-electron chi connectivity index (χ2n) is 2.84. The molecule has 0 aromatic rings. The molecule has 0 aliphatic carbocycles. The molecular formula is C10H18O5. The van der Waals surface area contributed by atoms with Crippen LogP contribution < -0.4 is 0 Å². The molecule has 0 heterocycles. The first-order chi connectivity index (χ1) is 7.20. The van der Waals surface area contributed by atoms with Crippen molar-refractivity contribution in [2.75, 3.05) is 39.6 Å². The van der Waals surface area contributed by atoms with Crippen LogP contribution in [0.2, 0.25) is 0 Å². The minimum atomic E-state index is -0.166. The first-order valence-corrected chi connectivity index (χ1v) is 4.97. The third-order valence-electron chi connectivity index (χ3n) is 1.46. The van der Waals surface area contributed by atoms with Gasteiger partial charge in [0.25, 0.3) is 0 Å². The van der Waals surface area contributed by atoms with Gasteiger partial charge >= 0.3 is 0 Å². The fraction of sp³-hybridized carbons (Fsp3) is 0.800. The molecule has 0 unspecified atom stereocenters. The fourth-order valence-corrected chi connectivity index (χ4v) is 0.794. The van der Waals surface area contributed by atoms with Crippen LogP contribution in [-0.2, 0) is 23.8 Å². The van der Waals surface area contributed by atoms with Crippen LogP contribution in [0.1, 0.15) is 13.8 Å². The van der Waals surface area contributed by atoms with E-state index in [9.17, 15) is 9.59 Å². The number of rotatable bonds is 10. The van der Waals surface area contributed by atoms with E-state index in [4.69, 9.17) is 14.2 Å². The lowest BCUT2D eigenvalue weighted by Gasteiger charge is -2.03. The number of hydrogen-bond acceptors (Lipinski definition) is 5. The van der Waals surface area contributed by atoms with Gasteiger partial charge in [-0.1, -0.05) is 0 Å². The van der Waals surface area contributed by atoms with E-state index in [1.807, 2.05) is 0 Å². The van der Waals surface area contributed by atoms with E-state index >= 15 is 0 Å². The molecule has 0 aromatic carbocycles. The minimum Gasteiger partial charge on any atom is -0.374 e. The topological polar surface area (TPSA) is 61.8 Å². The molecule has 0 amide bonds. The van der Waals surface area contributed by atoms with Crippen molar-refractivity contribution in [3.05, 3.63) is 0 Å². The van der Waals surface area contributed by atoms with Gasteiger partial charge in [-0.3, -0.25) is 9.59 Å². The average molecular weight is 218 g/mol. The Morgan fingerprint density at radius 3 is 1.40 bits per heavy atom. The number of carbonyl (C=O) groups excluding carboxylic acids is 2. The Balaban J connectivity index is 3.36. The fourth-order valence-electron chi connectivity index (χ4n) is 0.794. The van der Waals surface area contributed by atoms with Gasteiger partial charge in [0.1, 0.15) is 26.4 Å². The summed E-state index contributed by atoms with van der Waals surface area (Å²) in [5, 5.41) is 0. The van der Waals surface area contributed by atoms with E-state index in [1.54, 1.807) is 13.8 Å². The lowest BCUT2D eigenvalue weighted by atomic mass is 10.4. The monoisotopic (exact) mass is 218 g/mol. The Morgan fingerprint density at radius 1 is 0.733 bits per heavy atom. The van der Waals surface area contributed by atoms with Crippen molar-refractivity contribution in [1.82, 2.24) is 0 Å². The molecule has 0 fully saturated rings. The van der Waals surface area contributed by atoms with Crippen LogP contribution in [0, 0.1) is 0 Å². The molecule has 0 saturated heterocycles. The van der Waals surface area contributed by atoms with Gasteiger partial charge in [0.05, 0.1) is 0 Å². The van der Waals surface area contributed by atoms with Crippen LogP contribution in [0.3, 0.4) is 0 Å². The van der Waals surface area contributed by atoms with Crippen molar-refractivity contribution < 1.29 is 23.8 Å². The molecule has 0 aliphatic heterocycles. The number of carbonyl (C=O) groups is 2. The molecule has 5 heteroatoms. The van der Waals surface area contributed by atoms with Crippen LogP contribution in [0.5, 0.6) is 0 Å². The van der Waals surface area contributed by atoms with Crippen molar-refractivity contribution in [1.29, 1.82) is 0 Å². The molecule has 0 bridgehead atoms. The summed E-state index contributed by atoms with van der Waals surface area (Å²) < 4.78 is 14.6. The summed E-state index contributed by atoms with van der Waals surface area (Å²) in [4.78, 5) is 22.0. The molecule has 88 valence electrons. The largest absolute Gasteiger partial charge is 0.374 e. The second-order valence-corrected chi connectivity index (χ2v) is 2.84. The molecule has 0 saturated carbocycles. The highest BCUT2D eigenvalue weighted by molar-refractivity contribution is 5.83. The molecule has 15 heavy (non-hydrogen) atoms. The Hall–Kier alpha value is -0.780. The zero-order valence-electron chi connectivity index (χ0n) is 9.28. The minimum absolute atomic E-state index is 0.0378. The zero-order valence-corrected chi connectivity index (χ0v) is 9.28. The normalized spacial score (nSPS) is 10.3. The van der Waals surface area contributed by atoms with Gasteiger partial charge in [0.15, 0.2) is 11.6 Å². The van der Waals surface area contributed by atoms with Crippen LogP contribution in [0.4, 0.5) is 0 Å². The highest BCUT2D eigenvalue weighted by Gasteiger charge is 2.05. The molecule has 0 radical (unpaired) electrons. The highest BCUT2D eigenvalue weighted by atomic mass is 16.5. The summed E-state index contributed by atoms with van der Waals surface area (Å²) in [7, 11) is 0. The predicted molar refractivity (Wildman–Crippen MR) is 53.8 cm³/mol. The van der Waals surface area contributed by atoms with Crippen molar-refractivity contribution in [3.63, 3.8) is 0 Å². The molecule has 5 nitrogen and oxygen atoms in total. The molecule has 0 aromatic heterocycles. The first kappa shape index (κ1) is 14.2. The lowest BCUT2D eigenvalue weighted by molar-refractivity contribution is -0.133. The van der Waals surface area contributed by atoms with E-state index in [0.29, 0.717) is 13.2 Å². The molecule has 0 atom stereocenters. The molecule has 0 rings (SSSR count). The first-order valence-electron chi connectivity index (χ1n) is 4.97. The van der Waals surface area contributed by atoms with Crippen LogP contribution in [0.15, 0.2) is 0 Å². The molecular weight excluding hydrogens is 200 g/mol. The quantitative estimate of drug-likeness (QED) is 0.524. The van der Waals surface area contributed by atoms with Gasteiger partial charge < -0.3 is 14.2 Å². The van der Waals surface area contributed by atoms with Gasteiger partial charge in [-0.15, -0.1) is 0 Å². The summed E-state index contributed by atoms with van der Waals surface area (Å²) in [6.45, 7) is 4.51. The Kier molecular flexibility index (Phi) is 9.26. The van der Waals surface area contributed by atoms with Gasteiger partial charge in [-0.25, -0.2) is 0 Å². The smallest absolute Gasteiger partial charge is 0.184 e. The summed E-state index contributed by atoms with van der Waals surface area (Å²) >= 11 is 0. The number of hydrogen-bond donors (Lipinski definition) is 0. The standard InChI is InChI=1S/C10H18O5/c1-3-13-5-9(11)7-15-8-10(12)6-14-4-2/h3-8H2,1-2H3. The van der Waals surface area contributed by atoms with Gasteiger partial charge in [0, 0.05) is 13.2 Å². The van der Waals surface area contributed by atoms with Gasteiger partial charge in [-0.2, -0.15) is 0 Å². The van der Waals surface area contributed by atoms with E-state index in [-0.39, 0.29) is 38.0 Å². The summed E-state index contributed by atoms with van der Waals surface area (Å²) in [6, 6.07) is 0. The molecule has 0 aliphatic rings. The zero-order chi connectivity index (χ0) is 11.5. The van der Waals surface area contributed by atoms with Crippen LogP contribution in [0.25, 0.3) is 0 Å². The Labute approximate surface area is 89.7 Å². The summed E-state index contributed by atoms with van der Waals surface area (Å²) in [5.41, 5.74) is 0. The maximum Gasteiger partial charge on any atom is 0.184 e. The third-order valence-corrected chi connectivity index (χ3v) is 1.46.